The summed E-state index contributed by atoms with van der Waals surface area (Å²) in [5.74, 6) is 0.477. The number of amides is 1. The second-order valence-corrected chi connectivity index (χ2v) is 6.11. The number of aryl methyl sites for hydroxylation is 1. The zero-order chi connectivity index (χ0) is 18.5. The van der Waals surface area contributed by atoms with Gasteiger partial charge in [-0.15, -0.1) is 0 Å². The molecule has 3 aromatic rings. The van der Waals surface area contributed by atoms with Gasteiger partial charge in [0, 0.05) is 28.3 Å². The van der Waals surface area contributed by atoms with Crippen molar-refractivity contribution in [3.05, 3.63) is 77.1 Å². The molecule has 3 rings (SSSR count). The summed E-state index contributed by atoms with van der Waals surface area (Å²) in [5, 5.41) is 6.64. The third-order valence-corrected chi connectivity index (χ3v) is 4.21. The minimum absolute atomic E-state index is 0.302. The number of nitrogens with one attached hydrogen (secondary N) is 2. The van der Waals surface area contributed by atoms with Crippen LogP contribution in [0.2, 0.25) is 5.02 Å². The molecule has 0 atom stereocenters. The molecule has 0 saturated heterocycles. The Balaban J connectivity index is 1.73. The van der Waals surface area contributed by atoms with E-state index >= 15 is 0 Å². The van der Waals surface area contributed by atoms with Crippen LogP contribution in [0.5, 0.6) is 5.75 Å². The number of pyridine rings is 1. The first-order chi connectivity index (χ1) is 12.5. The Hall–Kier alpha value is -3.05. The van der Waals surface area contributed by atoms with Crippen molar-refractivity contribution in [2.24, 2.45) is 0 Å². The van der Waals surface area contributed by atoms with Gasteiger partial charge in [0.05, 0.1) is 7.11 Å². The Bertz CT molecular complexity index is 927. The molecular formula is C20H18ClN3O2. The van der Waals surface area contributed by atoms with Crippen LogP contribution in [-0.2, 0) is 0 Å². The maximum atomic E-state index is 12.4. The Morgan fingerprint density at radius 1 is 1.00 bits per heavy atom. The van der Waals surface area contributed by atoms with Crippen molar-refractivity contribution < 1.29 is 9.53 Å². The zero-order valence-corrected chi connectivity index (χ0v) is 15.2. The normalized spacial score (nSPS) is 10.3. The first-order valence-corrected chi connectivity index (χ1v) is 8.37. The standard InChI is InChI=1S/C20H18ClN3O2/c1-13-3-4-15(11-18(13)21)24-20(25)19-12-16(9-10-22-19)23-14-5-7-17(26-2)8-6-14/h3-12H,1-2H3,(H,22,23)(H,24,25). The molecule has 2 aromatic carbocycles. The van der Waals surface area contributed by atoms with E-state index in [1.807, 2.05) is 37.3 Å². The van der Waals surface area contributed by atoms with E-state index < -0.39 is 0 Å². The second-order valence-electron chi connectivity index (χ2n) is 5.70. The Morgan fingerprint density at radius 2 is 1.73 bits per heavy atom. The van der Waals surface area contributed by atoms with Gasteiger partial charge in [0.25, 0.3) is 5.91 Å². The van der Waals surface area contributed by atoms with Crippen LogP contribution in [0.15, 0.2) is 60.8 Å². The SMILES string of the molecule is COc1ccc(Nc2ccnc(C(=O)Nc3ccc(C)c(Cl)c3)c2)cc1. The van der Waals surface area contributed by atoms with Gasteiger partial charge in [0.1, 0.15) is 11.4 Å². The highest BCUT2D eigenvalue weighted by Gasteiger charge is 2.09. The number of halogens is 1. The molecule has 1 heterocycles. The smallest absolute Gasteiger partial charge is 0.274 e. The first kappa shape index (κ1) is 17.8. The summed E-state index contributed by atoms with van der Waals surface area (Å²) in [6.07, 6.45) is 1.59. The molecule has 1 aromatic heterocycles. The maximum absolute atomic E-state index is 12.4. The molecule has 0 aliphatic carbocycles. The molecule has 5 nitrogen and oxygen atoms in total. The summed E-state index contributed by atoms with van der Waals surface area (Å²) in [6.45, 7) is 1.91. The summed E-state index contributed by atoms with van der Waals surface area (Å²) < 4.78 is 5.14. The molecule has 6 heteroatoms. The van der Waals surface area contributed by atoms with E-state index in [0.717, 1.165) is 22.7 Å². The van der Waals surface area contributed by atoms with Crippen LogP contribution >= 0.6 is 11.6 Å². The molecule has 0 spiro atoms. The van der Waals surface area contributed by atoms with E-state index in [2.05, 4.69) is 15.6 Å². The average Bonchev–Trinajstić information content (AvgIpc) is 2.65. The molecule has 0 aliphatic rings. The van der Waals surface area contributed by atoms with E-state index in [0.29, 0.717) is 16.4 Å². The third-order valence-electron chi connectivity index (χ3n) is 3.80. The molecule has 26 heavy (non-hydrogen) atoms. The minimum atomic E-state index is -0.302. The molecule has 0 radical (unpaired) electrons. The van der Waals surface area contributed by atoms with Crippen molar-refractivity contribution in [1.29, 1.82) is 0 Å². The van der Waals surface area contributed by atoms with Crippen molar-refractivity contribution in [3.8, 4) is 5.75 Å². The Morgan fingerprint density at radius 3 is 2.42 bits per heavy atom. The molecule has 0 aliphatic heterocycles. The van der Waals surface area contributed by atoms with Gasteiger partial charge in [0.15, 0.2) is 0 Å². The van der Waals surface area contributed by atoms with Gasteiger partial charge in [-0.1, -0.05) is 17.7 Å². The van der Waals surface area contributed by atoms with Crippen molar-refractivity contribution in [2.75, 3.05) is 17.7 Å². The fourth-order valence-electron chi connectivity index (χ4n) is 2.34. The van der Waals surface area contributed by atoms with Gasteiger partial charge in [-0.25, -0.2) is 0 Å². The highest BCUT2D eigenvalue weighted by atomic mass is 35.5. The van der Waals surface area contributed by atoms with Crippen LogP contribution in [0.4, 0.5) is 17.1 Å². The van der Waals surface area contributed by atoms with Gasteiger partial charge in [-0.2, -0.15) is 0 Å². The number of carbonyl (C=O) groups excluding carboxylic acids is 1. The average molecular weight is 368 g/mol. The second kappa shape index (κ2) is 7.89. The topological polar surface area (TPSA) is 63.2 Å². The Labute approximate surface area is 157 Å². The van der Waals surface area contributed by atoms with Crippen LogP contribution in [0.3, 0.4) is 0 Å². The molecule has 0 unspecified atom stereocenters. The van der Waals surface area contributed by atoms with Gasteiger partial charge in [0.2, 0.25) is 0 Å². The monoisotopic (exact) mass is 367 g/mol. The van der Waals surface area contributed by atoms with Crippen molar-refractivity contribution >= 4 is 34.6 Å². The number of anilines is 3. The summed E-state index contributed by atoms with van der Waals surface area (Å²) >= 11 is 6.09. The number of carbonyl (C=O) groups is 1. The number of hydrogen-bond acceptors (Lipinski definition) is 4. The summed E-state index contributed by atoms with van der Waals surface area (Å²) in [7, 11) is 1.62. The quantitative estimate of drug-likeness (QED) is 0.662. The number of methoxy groups -OCH3 is 1. The van der Waals surface area contributed by atoms with Gasteiger partial charge in [-0.3, -0.25) is 9.78 Å². The lowest BCUT2D eigenvalue weighted by molar-refractivity contribution is 0.102. The molecule has 0 fully saturated rings. The van der Waals surface area contributed by atoms with Gasteiger partial charge in [-0.05, 0) is 61.0 Å². The van der Waals surface area contributed by atoms with Crippen LogP contribution in [-0.4, -0.2) is 18.0 Å². The van der Waals surface area contributed by atoms with E-state index in [1.165, 1.54) is 0 Å². The summed E-state index contributed by atoms with van der Waals surface area (Å²) in [4.78, 5) is 16.6. The lowest BCUT2D eigenvalue weighted by Gasteiger charge is -2.10. The van der Waals surface area contributed by atoms with Gasteiger partial charge < -0.3 is 15.4 Å². The first-order valence-electron chi connectivity index (χ1n) is 8.00. The predicted molar refractivity (Wildman–Crippen MR) is 105 cm³/mol. The van der Waals surface area contributed by atoms with Crippen molar-refractivity contribution in [3.63, 3.8) is 0 Å². The highest BCUT2D eigenvalue weighted by molar-refractivity contribution is 6.31. The van der Waals surface area contributed by atoms with E-state index in [1.54, 1.807) is 37.6 Å². The van der Waals surface area contributed by atoms with Crippen LogP contribution in [0, 0.1) is 6.92 Å². The van der Waals surface area contributed by atoms with Crippen LogP contribution in [0.25, 0.3) is 0 Å². The van der Waals surface area contributed by atoms with E-state index in [-0.39, 0.29) is 5.91 Å². The lowest BCUT2D eigenvalue weighted by atomic mass is 10.2. The number of ether oxygens (including phenoxy) is 1. The zero-order valence-electron chi connectivity index (χ0n) is 14.4. The fourth-order valence-corrected chi connectivity index (χ4v) is 2.52. The number of aromatic nitrogens is 1. The summed E-state index contributed by atoms with van der Waals surface area (Å²) in [6, 6.07) is 16.4. The van der Waals surface area contributed by atoms with E-state index in [4.69, 9.17) is 16.3 Å². The molecule has 0 bridgehead atoms. The molecule has 1 amide bonds. The molecule has 2 N–H and O–H groups in total. The maximum Gasteiger partial charge on any atom is 0.274 e. The Kier molecular flexibility index (Phi) is 5.39. The predicted octanol–water partition coefficient (Wildman–Crippen LogP) is 5.05. The van der Waals surface area contributed by atoms with Gasteiger partial charge >= 0.3 is 0 Å². The van der Waals surface area contributed by atoms with Crippen molar-refractivity contribution in [2.45, 2.75) is 6.92 Å². The number of hydrogen-bond donors (Lipinski definition) is 2. The number of nitrogens with zero attached hydrogens (tertiary/aromatic N) is 1. The third kappa shape index (κ3) is 4.32. The van der Waals surface area contributed by atoms with Crippen molar-refractivity contribution in [1.82, 2.24) is 4.98 Å². The number of benzene rings is 2. The highest BCUT2D eigenvalue weighted by Crippen LogP contribution is 2.22. The molecule has 132 valence electrons. The number of rotatable bonds is 5. The minimum Gasteiger partial charge on any atom is -0.497 e. The lowest BCUT2D eigenvalue weighted by Crippen LogP contribution is -2.13. The fraction of sp³-hybridized carbons (Fsp3) is 0.100. The van der Waals surface area contributed by atoms with E-state index in [9.17, 15) is 4.79 Å². The largest absolute Gasteiger partial charge is 0.497 e. The van der Waals surface area contributed by atoms with Crippen LogP contribution in [0.1, 0.15) is 16.1 Å². The molecular weight excluding hydrogens is 350 g/mol. The summed E-state index contributed by atoms with van der Waals surface area (Å²) in [5.41, 5.74) is 3.53. The molecule has 0 saturated carbocycles. The van der Waals surface area contributed by atoms with Crippen LogP contribution < -0.4 is 15.4 Å².